The van der Waals surface area contributed by atoms with Crippen LogP contribution in [0.2, 0.25) is 0 Å². The molecule has 1 saturated heterocycles. The number of nitrogens with one attached hydrogen (secondary N) is 2. The van der Waals surface area contributed by atoms with Crippen LogP contribution < -0.4 is 10.6 Å². The first-order valence-electron chi connectivity index (χ1n) is 10.6. The van der Waals surface area contributed by atoms with Crippen LogP contribution in [0.5, 0.6) is 0 Å². The first-order chi connectivity index (χ1) is 13.9. The van der Waals surface area contributed by atoms with Crippen molar-refractivity contribution in [3.8, 4) is 0 Å². The highest BCUT2D eigenvalue weighted by Crippen LogP contribution is 2.22. The van der Waals surface area contributed by atoms with Gasteiger partial charge in [0.2, 0.25) is 11.8 Å². The lowest BCUT2D eigenvalue weighted by Crippen LogP contribution is -2.52. The fraction of sp³-hybridized carbons (Fsp3) is 0.125. The SMILES string of the molecule is [2H]c1c([2H])c([2H])c([C@H]2NC(=O)[C@@H](c3c([2H])c([2H])c([2H])c([2H])c3[2H])NC2=O)c([2H])c1[2H]. The standard InChI is InChI=1S/C16H14N2O2/c19-15-13(11-7-3-1-4-8-11)17-16(20)14(18-15)12-9-5-2-6-10-12/h1-10,13-14H,(H,17,20)(H,18,19)/t13-,14-/m1/s1/i1D,2D,3D,4D,5D,6D,7D,8D,9D,10D. The van der Waals surface area contributed by atoms with Gasteiger partial charge in [0, 0.05) is 0 Å². The van der Waals surface area contributed by atoms with E-state index in [2.05, 4.69) is 10.6 Å². The van der Waals surface area contributed by atoms with Crippen molar-refractivity contribution < 1.29 is 23.3 Å². The Labute approximate surface area is 130 Å². The average molecular weight is 276 g/mol. The lowest BCUT2D eigenvalue weighted by Gasteiger charge is -2.30. The van der Waals surface area contributed by atoms with Crippen molar-refractivity contribution in [3.05, 3.63) is 71.6 Å². The van der Waals surface area contributed by atoms with Gasteiger partial charge in [-0.3, -0.25) is 9.59 Å². The molecular formula is C16H14N2O2. The van der Waals surface area contributed by atoms with E-state index in [1.807, 2.05) is 0 Å². The lowest BCUT2D eigenvalue weighted by molar-refractivity contribution is -0.137. The second-order valence-electron chi connectivity index (χ2n) is 3.96. The molecule has 0 saturated carbocycles. The van der Waals surface area contributed by atoms with E-state index in [1.54, 1.807) is 0 Å². The zero-order valence-electron chi connectivity index (χ0n) is 20.0. The molecule has 0 aliphatic carbocycles. The van der Waals surface area contributed by atoms with Crippen LogP contribution in [0.25, 0.3) is 0 Å². The Hall–Kier alpha value is -2.62. The van der Waals surface area contributed by atoms with Crippen LogP contribution in [0.1, 0.15) is 36.9 Å². The van der Waals surface area contributed by atoms with Crippen LogP contribution in [-0.2, 0) is 9.59 Å². The van der Waals surface area contributed by atoms with E-state index in [9.17, 15) is 9.59 Å². The monoisotopic (exact) mass is 276 g/mol. The summed E-state index contributed by atoms with van der Waals surface area (Å²) in [7, 11) is 0. The molecule has 2 N–H and O–H groups in total. The number of hydrogen-bond donors (Lipinski definition) is 2. The third kappa shape index (κ3) is 2.28. The maximum Gasteiger partial charge on any atom is 0.248 e. The first kappa shape index (κ1) is 5.40. The van der Waals surface area contributed by atoms with Gasteiger partial charge in [-0.2, -0.15) is 0 Å². The Morgan fingerprint density at radius 2 is 1.05 bits per heavy atom. The lowest BCUT2D eigenvalue weighted by atomic mass is 9.98. The minimum absolute atomic E-state index is 0.439. The zero-order valence-corrected chi connectivity index (χ0v) is 9.97. The Balaban J connectivity index is 2.08. The summed E-state index contributed by atoms with van der Waals surface area (Å²) in [6.07, 6.45) is 0. The third-order valence-corrected chi connectivity index (χ3v) is 2.71. The molecule has 4 heteroatoms. The summed E-state index contributed by atoms with van der Waals surface area (Å²) in [5, 5.41) is 4.48. The number of rotatable bonds is 2. The molecule has 0 spiro atoms. The van der Waals surface area contributed by atoms with Gasteiger partial charge < -0.3 is 10.6 Å². The van der Waals surface area contributed by atoms with Crippen LogP contribution in [-0.4, -0.2) is 11.8 Å². The minimum Gasteiger partial charge on any atom is -0.338 e. The van der Waals surface area contributed by atoms with E-state index in [1.165, 1.54) is 0 Å². The molecule has 1 fully saturated rings. The van der Waals surface area contributed by atoms with Crippen LogP contribution in [0.3, 0.4) is 0 Å². The number of benzene rings is 2. The summed E-state index contributed by atoms with van der Waals surface area (Å²) in [4.78, 5) is 25.4. The Kier molecular flexibility index (Phi) is 1.40. The summed E-state index contributed by atoms with van der Waals surface area (Å²) in [6, 6.07) is -9.93. The number of carbonyl (C=O) groups is 2. The van der Waals surface area contributed by atoms with Crippen molar-refractivity contribution in [3.63, 3.8) is 0 Å². The fourth-order valence-electron chi connectivity index (χ4n) is 1.80. The molecule has 1 heterocycles. The average Bonchev–Trinajstić information content (AvgIpc) is 2.71. The molecule has 0 unspecified atom stereocenters. The topological polar surface area (TPSA) is 58.2 Å². The molecule has 2 aromatic carbocycles. The molecule has 1 aliphatic heterocycles. The second kappa shape index (κ2) is 5.17. The Morgan fingerprint density at radius 3 is 1.40 bits per heavy atom. The van der Waals surface area contributed by atoms with Gasteiger partial charge in [0.25, 0.3) is 0 Å². The van der Waals surface area contributed by atoms with Crippen molar-refractivity contribution in [1.82, 2.24) is 10.6 Å². The van der Waals surface area contributed by atoms with E-state index >= 15 is 0 Å². The summed E-state index contributed by atoms with van der Waals surface area (Å²) in [5.41, 5.74) is -0.877. The van der Waals surface area contributed by atoms with Gasteiger partial charge in [-0.25, -0.2) is 0 Å². The summed E-state index contributed by atoms with van der Waals surface area (Å²) in [5.74, 6) is -1.91. The Morgan fingerprint density at radius 1 is 0.700 bits per heavy atom. The molecule has 2 amide bonds. The molecule has 2 atom stereocenters. The van der Waals surface area contributed by atoms with E-state index in [-0.39, 0.29) is 0 Å². The van der Waals surface area contributed by atoms with Crippen molar-refractivity contribution in [2.45, 2.75) is 12.1 Å². The number of hydrogen-bond acceptors (Lipinski definition) is 2. The zero-order chi connectivity index (χ0) is 22.7. The number of piperazine rings is 1. The summed E-state index contributed by atoms with van der Waals surface area (Å²) >= 11 is 0. The van der Waals surface area contributed by atoms with E-state index in [4.69, 9.17) is 13.7 Å². The van der Waals surface area contributed by atoms with Gasteiger partial charge in [-0.15, -0.1) is 0 Å². The smallest absolute Gasteiger partial charge is 0.248 e. The predicted octanol–water partition coefficient (Wildman–Crippen LogP) is 1.71. The van der Waals surface area contributed by atoms with Crippen LogP contribution >= 0.6 is 0 Å². The molecular weight excluding hydrogens is 252 g/mol. The Bertz CT molecular complexity index is 975. The minimum atomic E-state index is -1.62. The highest BCUT2D eigenvalue weighted by molar-refractivity contribution is 5.98. The third-order valence-electron chi connectivity index (χ3n) is 2.71. The fourth-order valence-corrected chi connectivity index (χ4v) is 1.80. The molecule has 20 heavy (non-hydrogen) atoms. The largest absolute Gasteiger partial charge is 0.338 e. The summed E-state index contributed by atoms with van der Waals surface area (Å²) in [6.45, 7) is 0. The quantitative estimate of drug-likeness (QED) is 0.877. The van der Waals surface area contributed by atoms with Crippen LogP contribution in [0, 0.1) is 0 Å². The van der Waals surface area contributed by atoms with Gasteiger partial charge >= 0.3 is 0 Å². The second-order valence-corrected chi connectivity index (χ2v) is 3.96. The van der Waals surface area contributed by atoms with Crippen molar-refractivity contribution >= 4 is 11.8 Å². The maximum absolute atomic E-state index is 12.7. The molecule has 100 valence electrons. The van der Waals surface area contributed by atoms with Crippen molar-refractivity contribution in [2.75, 3.05) is 0 Å². The number of carbonyl (C=O) groups excluding carboxylic acids is 2. The molecule has 0 aromatic heterocycles. The molecule has 0 bridgehead atoms. The highest BCUT2D eigenvalue weighted by Gasteiger charge is 2.35. The maximum atomic E-state index is 12.7. The molecule has 3 rings (SSSR count). The van der Waals surface area contributed by atoms with Crippen LogP contribution in [0.4, 0.5) is 0 Å². The van der Waals surface area contributed by atoms with E-state index in [0.29, 0.717) is 0 Å². The van der Waals surface area contributed by atoms with Crippen LogP contribution in [0.15, 0.2) is 60.4 Å². The number of amides is 2. The van der Waals surface area contributed by atoms with Gasteiger partial charge in [-0.1, -0.05) is 60.4 Å². The van der Waals surface area contributed by atoms with Crippen molar-refractivity contribution in [1.29, 1.82) is 0 Å². The summed E-state index contributed by atoms with van der Waals surface area (Å²) < 4.78 is 77.9. The molecule has 0 radical (unpaired) electrons. The van der Waals surface area contributed by atoms with E-state index in [0.717, 1.165) is 0 Å². The molecule has 1 aliphatic rings. The molecule has 2 aromatic rings. The van der Waals surface area contributed by atoms with Gasteiger partial charge in [0.15, 0.2) is 0 Å². The molecule has 4 nitrogen and oxygen atoms in total. The van der Waals surface area contributed by atoms with E-state index < -0.39 is 95.4 Å². The highest BCUT2D eigenvalue weighted by atomic mass is 16.2. The predicted molar refractivity (Wildman–Crippen MR) is 74.7 cm³/mol. The normalized spacial score (nSPS) is 29.0. The first-order valence-corrected chi connectivity index (χ1v) is 5.64. The van der Waals surface area contributed by atoms with Gasteiger partial charge in [0.05, 0.1) is 13.7 Å². The van der Waals surface area contributed by atoms with Gasteiger partial charge in [-0.05, 0) is 11.1 Å². The van der Waals surface area contributed by atoms with Gasteiger partial charge in [0.1, 0.15) is 12.1 Å². The van der Waals surface area contributed by atoms with Crippen molar-refractivity contribution in [2.24, 2.45) is 0 Å².